The van der Waals surface area contributed by atoms with Crippen LogP contribution in [0.4, 0.5) is 10.1 Å². The molecule has 0 bridgehead atoms. The maximum atomic E-state index is 13.2. The van der Waals surface area contributed by atoms with Gasteiger partial charge in [0.2, 0.25) is 0 Å². The maximum Gasteiger partial charge on any atom is 0.125 e. The second kappa shape index (κ2) is 6.87. The molecule has 0 aliphatic carbocycles. The Labute approximate surface area is 107 Å². The summed E-state index contributed by atoms with van der Waals surface area (Å²) in [4.78, 5) is 2.25. The normalized spacial score (nSPS) is 13.0. The number of nitrogens with zero attached hydrogens (tertiary/aromatic N) is 1. The Morgan fingerprint density at radius 3 is 2.65 bits per heavy atom. The molecular weight excluding hydrogens is 235 g/mol. The summed E-state index contributed by atoms with van der Waals surface area (Å²) in [6.07, 6.45) is 3.21. The van der Waals surface area contributed by atoms with E-state index in [4.69, 9.17) is 5.73 Å². The Hall–Kier alpha value is -0.740. The average molecular weight is 256 g/mol. The molecule has 2 nitrogen and oxygen atoms in total. The van der Waals surface area contributed by atoms with Gasteiger partial charge in [-0.2, -0.15) is 11.8 Å². The molecule has 1 unspecified atom stereocenters. The van der Waals surface area contributed by atoms with Crippen molar-refractivity contribution < 1.29 is 4.39 Å². The number of halogens is 1. The molecule has 0 spiro atoms. The minimum Gasteiger partial charge on any atom is -0.399 e. The van der Waals surface area contributed by atoms with E-state index in [1.54, 1.807) is 6.07 Å². The smallest absolute Gasteiger partial charge is 0.125 e. The van der Waals surface area contributed by atoms with E-state index in [2.05, 4.69) is 25.1 Å². The summed E-state index contributed by atoms with van der Waals surface area (Å²) in [5.74, 6) is 0.837. The van der Waals surface area contributed by atoms with Gasteiger partial charge in [0.25, 0.3) is 0 Å². The highest BCUT2D eigenvalue weighted by Gasteiger charge is 2.12. The van der Waals surface area contributed by atoms with Crippen LogP contribution in [0.25, 0.3) is 0 Å². The van der Waals surface area contributed by atoms with Crippen molar-refractivity contribution in [1.82, 2.24) is 4.90 Å². The summed E-state index contributed by atoms with van der Waals surface area (Å²) in [6, 6.07) is 5.27. The molecule has 2 N–H and O–H groups in total. The molecule has 1 atom stereocenters. The van der Waals surface area contributed by atoms with E-state index in [1.807, 2.05) is 17.8 Å². The highest BCUT2D eigenvalue weighted by molar-refractivity contribution is 7.98. The van der Waals surface area contributed by atoms with Gasteiger partial charge < -0.3 is 5.73 Å². The number of nitrogen functional groups attached to an aromatic ring is 1. The number of rotatable bonds is 6. The minimum atomic E-state index is -0.258. The van der Waals surface area contributed by atoms with Crippen LogP contribution in [-0.2, 0) is 6.54 Å². The lowest BCUT2D eigenvalue weighted by molar-refractivity contribution is 0.247. The van der Waals surface area contributed by atoms with Crippen LogP contribution in [0.1, 0.15) is 18.9 Å². The number of hydrogen-bond donors (Lipinski definition) is 1. The second-order valence-corrected chi connectivity index (χ2v) is 5.24. The van der Waals surface area contributed by atoms with Crippen LogP contribution in [0.2, 0.25) is 0 Å². The van der Waals surface area contributed by atoms with Gasteiger partial charge in [-0.05, 0) is 43.5 Å². The summed E-state index contributed by atoms with van der Waals surface area (Å²) in [6.45, 7) is 2.92. The van der Waals surface area contributed by atoms with E-state index < -0.39 is 0 Å². The predicted octanol–water partition coefficient (Wildman–Crippen LogP) is 2.98. The third-order valence-corrected chi connectivity index (χ3v) is 3.58. The largest absolute Gasteiger partial charge is 0.399 e. The number of anilines is 1. The van der Waals surface area contributed by atoms with Crippen LogP contribution in [0.5, 0.6) is 0 Å². The first-order valence-corrected chi connectivity index (χ1v) is 7.20. The molecule has 1 aromatic rings. The molecular formula is C13H21FN2S. The third-order valence-electron chi connectivity index (χ3n) is 2.87. The number of nitrogens with two attached hydrogens (primary N) is 1. The van der Waals surface area contributed by atoms with Gasteiger partial charge in [0, 0.05) is 24.0 Å². The van der Waals surface area contributed by atoms with Crippen molar-refractivity contribution in [1.29, 1.82) is 0 Å². The molecule has 96 valence electrons. The van der Waals surface area contributed by atoms with Crippen molar-refractivity contribution in [3.05, 3.63) is 29.6 Å². The topological polar surface area (TPSA) is 29.3 Å². The van der Waals surface area contributed by atoms with Crippen LogP contribution in [-0.4, -0.2) is 30.0 Å². The van der Waals surface area contributed by atoms with Gasteiger partial charge in [-0.15, -0.1) is 0 Å². The van der Waals surface area contributed by atoms with Crippen LogP contribution < -0.4 is 5.73 Å². The standard InChI is InChI=1S/C13H21FN2S/c1-4-13(9-17-3)16(2)8-10-5-11(14)7-12(15)6-10/h5-7,13H,4,8-9,15H2,1-3H3. The molecule has 0 saturated carbocycles. The number of hydrogen-bond acceptors (Lipinski definition) is 3. The summed E-state index contributed by atoms with van der Waals surface area (Å²) < 4.78 is 13.2. The monoisotopic (exact) mass is 256 g/mol. The van der Waals surface area contributed by atoms with Gasteiger partial charge in [0.05, 0.1) is 0 Å². The molecule has 0 aliphatic heterocycles. The lowest BCUT2D eigenvalue weighted by Gasteiger charge is -2.26. The van der Waals surface area contributed by atoms with Crippen LogP contribution >= 0.6 is 11.8 Å². The molecule has 4 heteroatoms. The number of benzene rings is 1. The zero-order valence-electron chi connectivity index (χ0n) is 10.7. The Bertz CT molecular complexity index is 337. The molecule has 0 heterocycles. The molecule has 17 heavy (non-hydrogen) atoms. The Kier molecular flexibility index (Phi) is 5.78. The van der Waals surface area contributed by atoms with Crippen LogP contribution in [0.3, 0.4) is 0 Å². The van der Waals surface area contributed by atoms with Gasteiger partial charge >= 0.3 is 0 Å². The first-order chi connectivity index (χ1) is 8.06. The number of thioether (sulfide) groups is 1. The summed E-state index contributed by atoms with van der Waals surface area (Å²) in [5, 5.41) is 0. The molecule has 0 aromatic heterocycles. The van der Waals surface area contributed by atoms with Crippen molar-refractivity contribution >= 4 is 17.4 Å². The minimum absolute atomic E-state index is 0.258. The zero-order valence-corrected chi connectivity index (χ0v) is 11.6. The predicted molar refractivity (Wildman–Crippen MR) is 74.7 cm³/mol. The van der Waals surface area contributed by atoms with E-state index in [-0.39, 0.29) is 5.82 Å². The third kappa shape index (κ3) is 4.56. The van der Waals surface area contributed by atoms with E-state index in [1.165, 1.54) is 6.07 Å². The Morgan fingerprint density at radius 2 is 2.12 bits per heavy atom. The van der Waals surface area contributed by atoms with Gasteiger partial charge in [0.15, 0.2) is 0 Å². The maximum absolute atomic E-state index is 13.2. The lowest BCUT2D eigenvalue weighted by Crippen LogP contribution is -2.32. The van der Waals surface area contributed by atoms with Crippen molar-refractivity contribution in [2.75, 3.05) is 24.8 Å². The SMILES string of the molecule is CCC(CSC)N(C)Cc1cc(N)cc(F)c1. The van der Waals surface area contributed by atoms with E-state index in [0.717, 1.165) is 24.3 Å². The quantitative estimate of drug-likeness (QED) is 0.793. The fraction of sp³-hybridized carbons (Fsp3) is 0.538. The molecule has 1 aromatic carbocycles. The molecule has 0 fully saturated rings. The van der Waals surface area contributed by atoms with Gasteiger partial charge in [-0.3, -0.25) is 4.90 Å². The first-order valence-electron chi connectivity index (χ1n) is 5.81. The van der Waals surface area contributed by atoms with Crippen LogP contribution in [0.15, 0.2) is 18.2 Å². The molecule has 0 saturated heterocycles. The average Bonchev–Trinajstić information content (AvgIpc) is 2.24. The highest BCUT2D eigenvalue weighted by atomic mass is 32.2. The Morgan fingerprint density at radius 1 is 1.41 bits per heavy atom. The van der Waals surface area contributed by atoms with Crippen LogP contribution in [0, 0.1) is 5.82 Å². The molecule has 0 radical (unpaired) electrons. The second-order valence-electron chi connectivity index (χ2n) is 4.33. The summed E-state index contributed by atoms with van der Waals surface area (Å²) in [5.41, 5.74) is 7.07. The van der Waals surface area contributed by atoms with Crippen molar-refractivity contribution in [2.45, 2.75) is 25.9 Å². The fourth-order valence-corrected chi connectivity index (χ4v) is 2.81. The van der Waals surface area contributed by atoms with Gasteiger partial charge in [-0.1, -0.05) is 6.92 Å². The molecule has 0 amide bonds. The van der Waals surface area contributed by atoms with Crippen molar-refractivity contribution in [3.8, 4) is 0 Å². The molecule has 0 aliphatic rings. The summed E-state index contributed by atoms with van der Waals surface area (Å²) in [7, 11) is 2.07. The Balaban J connectivity index is 2.68. The first kappa shape index (κ1) is 14.3. The fourth-order valence-electron chi connectivity index (χ4n) is 1.93. The highest BCUT2D eigenvalue weighted by Crippen LogP contribution is 2.15. The molecule has 1 rings (SSSR count). The van der Waals surface area contributed by atoms with Crippen molar-refractivity contribution in [2.24, 2.45) is 0 Å². The zero-order chi connectivity index (χ0) is 12.8. The van der Waals surface area contributed by atoms with E-state index >= 15 is 0 Å². The van der Waals surface area contributed by atoms with Crippen molar-refractivity contribution in [3.63, 3.8) is 0 Å². The van der Waals surface area contributed by atoms with Gasteiger partial charge in [-0.25, -0.2) is 4.39 Å². The summed E-state index contributed by atoms with van der Waals surface area (Å²) >= 11 is 1.84. The lowest BCUT2D eigenvalue weighted by atomic mass is 10.1. The van der Waals surface area contributed by atoms with E-state index in [9.17, 15) is 4.39 Å². The van der Waals surface area contributed by atoms with Gasteiger partial charge in [0.1, 0.15) is 5.82 Å². The van der Waals surface area contributed by atoms with E-state index in [0.29, 0.717) is 11.7 Å².